The molecule has 9 heteroatoms. The van der Waals surface area contributed by atoms with E-state index in [0.717, 1.165) is 40.3 Å². The van der Waals surface area contributed by atoms with Crippen LogP contribution in [0.25, 0.3) is 10.2 Å². The number of carbonyl (C=O) groups excluding carboxylic acids is 1. The van der Waals surface area contributed by atoms with Crippen molar-refractivity contribution in [2.24, 2.45) is 5.92 Å². The number of hydrogen-bond acceptors (Lipinski definition) is 4. The van der Waals surface area contributed by atoms with Crippen LogP contribution in [0.5, 0.6) is 0 Å². The lowest BCUT2D eigenvalue weighted by Gasteiger charge is -2.17. The Balaban J connectivity index is 1.62. The third kappa shape index (κ3) is 3.19. The number of fused-ring (bicyclic) bond motifs is 3. The molecule has 146 valence electrons. The number of thiophene rings is 1. The number of aromatic nitrogens is 2. The zero-order valence-corrected chi connectivity index (χ0v) is 15.7. The van der Waals surface area contributed by atoms with Crippen molar-refractivity contribution in [2.75, 3.05) is 5.32 Å². The maximum Gasteiger partial charge on any atom is 0.262 e. The molecular weight excluding hydrogens is 391 g/mol. The Morgan fingerprint density at radius 1 is 1.32 bits per heavy atom. The largest absolute Gasteiger partial charge is 0.322 e. The molecule has 0 radical (unpaired) electrons. The van der Waals surface area contributed by atoms with Gasteiger partial charge in [-0.3, -0.25) is 14.2 Å². The third-order valence-electron chi connectivity index (χ3n) is 4.91. The lowest BCUT2D eigenvalue weighted by molar-refractivity contribution is -0.116. The first-order valence-electron chi connectivity index (χ1n) is 8.78. The molecule has 2 aromatic heterocycles. The average Bonchev–Trinajstić information content (AvgIpc) is 3.02. The Kier molecular flexibility index (Phi) is 4.70. The van der Waals surface area contributed by atoms with E-state index in [2.05, 4.69) is 17.2 Å². The molecule has 0 aliphatic heterocycles. The molecule has 3 aromatic rings. The number of rotatable bonds is 3. The molecule has 28 heavy (non-hydrogen) atoms. The number of anilines is 1. The van der Waals surface area contributed by atoms with Gasteiger partial charge in [-0.25, -0.2) is 18.2 Å². The number of halogens is 3. The van der Waals surface area contributed by atoms with Crippen LogP contribution in [0.3, 0.4) is 0 Å². The molecule has 1 amide bonds. The maximum atomic E-state index is 13.7. The first-order chi connectivity index (χ1) is 13.3. The van der Waals surface area contributed by atoms with Crippen LogP contribution in [0, 0.1) is 23.4 Å². The molecular formula is C19H16F3N3O2S. The fourth-order valence-corrected chi connectivity index (χ4v) is 4.79. The normalized spacial score (nSPS) is 16.2. The summed E-state index contributed by atoms with van der Waals surface area (Å²) in [7, 11) is 0. The lowest BCUT2D eigenvalue weighted by atomic mass is 9.89. The second-order valence-corrected chi connectivity index (χ2v) is 8.06. The number of amides is 1. The third-order valence-corrected chi connectivity index (χ3v) is 6.07. The summed E-state index contributed by atoms with van der Waals surface area (Å²) in [6.07, 6.45) is 3.97. The van der Waals surface area contributed by atoms with Gasteiger partial charge < -0.3 is 5.32 Å². The minimum atomic E-state index is -1.67. The Morgan fingerprint density at radius 3 is 2.89 bits per heavy atom. The van der Waals surface area contributed by atoms with Gasteiger partial charge in [0.25, 0.3) is 5.56 Å². The summed E-state index contributed by atoms with van der Waals surface area (Å²) >= 11 is 1.50. The zero-order valence-electron chi connectivity index (χ0n) is 14.9. The highest BCUT2D eigenvalue weighted by Gasteiger charge is 2.23. The molecule has 0 saturated carbocycles. The molecule has 0 bridgehead atoms. The van der Waals surface area contributed by atoms with Crippen LogP contribution in [-0.2, 0) is 24.2 Å². The summed E-state index contributed by atoms with van der Waals surface area (Å²) in [6.45, 7) is 1.75. The second-order valence-electron chi connectivity index (χ2n) is 6.98. The molecule has 1 aliphatic rings. The van der Waals surface area contributed by atoms with Gasteiger partial charge in [-0.15, -0.1) is 11.3 Å². The van der Waals surface area contributed by atoms with Crippen LogP contribution in [0.4, 0.5) is 18.9 Å². The van der Waals surface area contributed by atoms with Gasteiger partial charge >= 0.3 is 0 Å². The highest BCUT2D eigenvalue weighted by atomic mass is 32.1. The number of hydrogen-bond donors (Lipinski definition) is 1. The first kappa shape index (κ1) is 18.7. The summed E-state index contributed by atoms with van der Waals surface area (Å²) < 4.78 is 41.1. The van der Waals surface area contributed by atoms with Crippen LogP contribution in [0.15, 0.2) is 23.3 Å². The van der Waals surface area contributed by atoms with Gasteiger partial charge in [-0.1, -0.05) is 6.92 Å². The fraction of sp³-hybridized carbons (Fsp3) is 0.316. The van der Waals surface area contributed by atoms with Crippen molar-refractivity contribution in [3.8, 4) is 0 Å². The monoisotopic (exact) mass is 407 g/mol. The van der Waals surface area contributed by atoms with E-state index in [1.54, 1.807) is 0 Å². The first-order valence-corrected chi connectivity index (χ1v) is 9.59. The van der Waals surface area contributed by atoms with Crippen LogP contribution in [0.1, 0.15) is 23.8 Å². The standard InChI is InChI=1S/C19H16F3N3O2S/c1-9-2-3-10-13(6-9)28-18-15(10)19(27)25(8-23-18)7-14(26)24-12-5-4-11(20)16(21)17(12)22/h4-5,8-9H,2-3,6-7H2,1H3,(H,24,26)/t9-/m0/s1. The van der Waals surface area contributed by atoms with Crippen LogP contribution < -0.4 is 10.9 Å². The number of benzene rings is 1. The van der Waals surface area contributed by atoms with Crippen molar-refractivity contribution in [2.45, 2.75) is 32.7 Å². The summed E-state index contributed by atoms with van der Waals surface area (Å²) in [5.41, 5.74) is 0.169. The second kappa shape index (κ2) is 7.05. The van der Waals surface area contributed by atoms with Crippen molar-refractivity contribution >= 4 is 33.1 Å². The Labute approximate surface area is 161 Å². The van der Waals surface area contributed by atoms with E-state index in [0.29, 0.717) is 22.2 Å². The Morgan fingerprint density at radius 2 is 2.11 bits per heavy atom. The van der Waals surface area contributed by atoms with Crippen molar-refractivity contribution < 1.29 is 18.0 Å². The lowest BCUT2D eigenvalue weighted by Crippen LogP contribution is -2.28. The Bertz CT molecular complexity index is 1160. The fourth-order valence-electron chi connectivity index (χ4n) is 3.45. The number of carbonyl (C=O) groups is 1. The molecule has 0 unspecified atom stereocenters. The highest BCUT2D eigenvalue weighted by Crippen LogP contribution is 2.35. The SMILES string of the molecule is C[C@H]1CCc2c(sc3ncn(CC(=O)Nc4ccc(F)c(F)c4F)c(=O)c23)C1. The molecule has 0 saturated heterocycles. The number of aryl methyl sites for hydroxylation is 1. The molecule has 1 aliphatic carbocycles. The molecule has 5 nitrogen and oxygen atoms in total. The van der Waals surface area contributed by atoms with Gasteiger partial charge in [-0.2, -0.15) is 0 Å². The molecule has 4 rings (SSSR count). The predicted octanol–water partition coefficient (Wildman–Crippen LogP) is 3.64. The van der Waals surface area contributed by atoms with Crippen LogP contribution in [0.2, 0.25) is 0 Å². The quantitative estimate of drug-likeness (QED) is 0.675. The van der Waals surface area contributed by atoms with Gasteiger partial charge in [0.2, 0.25) is 5.91 Å². The predicted molar refractivity (Wildman–Crippen MR) is 100 cm³/mol. The van der Waals surface area contributed by atoms with Crippen molar-refractivity contribution in [1.82, 2.24) is 9.55 Å². The summed E-state index contributed by atoms with van der Waals surface area (Å²) in [4.78, 5) is 31.2. The van der Waals surface area contributed by atoms with E-state index in [-0.39, 0.29) is 5.56 Å². The van der Waals surface area contributed by atoms with Gasteiger partial charge in [0.15, 0.2) is 17.5 Å². The zero-order chi connectivity index (χ0) is 20.0. The van der Waals surface area contributed by atoms with Crippen molar-refractivity contribution in [1.29, 1.82) is 0 Å². The summed E-state index contributed by atoms with van der Waals surface area (Å²) in [5.74, 6) is -4.70. The van der Waals surface area contributed by atoms with E-state index < -0.39 is 35.6 Å². The smallest absolute Gasteiger partial charge is 0.262 e. The van der Waals surface area contributed by atoms with E-state index in [1.165, 1.54) is 17.7 Å². The Hall–Kier alpha value is -2.68. The number of nitrogens with one attached hydrogen (secondary N) is 1. The molecule has 1 atom stereocenters. The summed E-state index contributed by atoms with van der Waals surface area (Å²) in [6, 6.07) is 1.64. The minimum Gasteiger partial charge on any atom is -0.322 e. The topological polar surface area (TPSA) is 64.0 Å². The van der Waals surface area contributed by atoms with Crippen LogP contribution in [-0.4, -0.2) is 15.5 Å². The minimum absolute atomic E-state index is 0.335. The van der Waals surface area contributed by atoms with E-state index in [9.17, 15) is 22.8 Å². The van der Waals surface area contributed by atoms with Crippen molar-refractivity contribution in [3.05, 3.63) is 56.7 Å². The molecule has 1 aromatic carbocycles. The van der Waals surface area contributed by atoms with Crippen LogP contribution >= 0.6 is 11.3 Å². The molecule has 0 fully saturated rings. The average molecular weight is 407 g/mol. The van der Waals surface area contributed by atoms with Gasteiger partial charge in [0, 0.05) is 4.88 Å². The van der Waals surface area contributed by atoms with Crippen molar-refractivity contribution in [3.63, 3.8) is 0 Å². The molecule has 2 heterocycles. The van der Waals surface area contributed by atoms with E-state index >= 15 is 0 Å². The van der Waals surface area contributed by atoms with E-state index in [1.807, 2.05) is 0 Å². The highest BCUT2D eigenvalue weighted by molar-refractivity contribution is 7.18. The molecule has 0 spiro atoms. The molecule has 1 N–H and O–H groups in total. The van der Waals surface area contributed by atoms with Gasteiger partial charge in [0.1, 0.15) is 11.4 Å². The van der Waals surface area contributed by atoms with E-state index in [4.69, 9.17) is 0 Å². The van der Waals surface area contributed by atoms with Gasteiger partial charge in [0.05, 0.1) is 17.4 Å². The van der Waals surface area contributed by atoms with Gasteiger partial charge in [-0.05, 0) is 42.9 Å². The number of nitrogens with zero attached hydrogens (tertiary/aromatic N) is 2. The summed E-state index contributed by atoms with van der Waals surface area (Å²) in [5, 5.41) is 2.69. The maximum absolute atomic E-state index is 13.7.